The first-order valence-electron chi connectivity index (χ1n) is 10.5. The fourth-order valence-corrected chi connectivity index (χ4v) is 4.09. The molecule has 3 aromatic rings. The number of nitrogens with one attached hydrogen (secondary N) is 2. The summed E-state index contributed by atoms with van der Waals surface area (Å²) in [5.41, 5.74) is 0.717. The SMILES string of the molecule is COc1ccc(C(=O)N[C@H]2CC[C@@H](Nc3cccc4nc(C(F)F)cn34)CC2)c(OC)c1. The molecule has 7 nitrogen and oxygen atoms in total. The van der Waals surface area contributed by atoms with Gasteiger partial charge in [0.1, 0.15) is 28.7 Å². The van der Waals surface area contributed by atoms with Crippen LogP contribution in [0.3, 0.4) is 0 Å². The van der Waals surface area contributed by atoms with E-state index in [2.05, 4.69) is 15.6 Å². The van der Waals surface area contributed by atoms with E-state index in [4.69, 9.17) is 9.47 Å². The maximum atomic E-state index is 13.0. The number of imidazole rings is 1. The molecule has 0 spiro atoms. The average Bonchev–Trinajstić information content (AvgIpc) is 3.26. The number of ether oxygens (including phenoxy) is 2. The Morgan fingerprint density at radius 1 is 1.09 bits per heavy atom. The lowest BCUT2D eigenvalue weighted by Gasteiger charge is -2.30. The van der Waals surface area contributed by atoms with Gasteiger partial charge in [-0.25, -0.2) is 13.8 Å². The molecular weight excluding hydrogens is 418 g/mol. The molecule has 1 amide bonds. The Balaban J connectivity index is 1.36. The Labute approximate surface area is 184 Å². The third-order valence-corrected chi connectivity index (χ3v) is 5.80. The summed E-state index contributed by atoms with van der Waals surface area (Å²) >= 11 is 0. The average molecular weight is 444 g/mol. The molecule has 0 aliphatic heterocycles. The van der Waals surface area contributed by atoms with E-state index >= 15 is 0 Å². The van der Waals surface area contributed by atoms with Crippen molar-refractivity contribution >= 4 is 17.4 Å². The summed E-state index contributed by atoms with van der Waals surface area (Å²) in [5.74, 6) is 1.65. The number of methoxy groups -OCH3 is 2. The van der Waals surface area contributed by atoms with Crippen LogP contribution in [-0.4, -0.2) is 41.6 Å². The van der Waals surface area contributed by atoms with Crippen molar-refractivity contribution in [2.75, 3.05) is 19.5 Å². The number of rotatable bonds is 7. The van der Waals surface area contributed by atoms with Crippen LogP contribution in [0.15, 0.2) is 42.6 Å². The Morgan fingerprint density at radius 3 is 2.53 bits per heavy atom. The van der Waals surface area contributed by atoms with Crippen molar-refractivity contribution < 1.29 is 23.0 Å². The van der Waals surface area contributed by atoms with Gasteiger partial charge in [-0.3, -0.25) is 9.20 Å². The van der Waals surface area contributed by atoms with Crippen molar-refractivity contribution in [2.45, 2.75) is 44.2 Å². The Hall–Kier alpha value is -3.36. The first-order chi connectivity index (χ1) is 15.5. The number of benzene rings is 1. The standard InChI is InChI=1S/C23H26F2N4O3/c1-31-16-10-11-17(19(12-16)32-2)23(30)27-15-8-6-14(7-9-15)26-20-4-3-5-21-28-18(22(24)25)13-29(20)21/h3-5,10-15,22,26H,6-9H2,1-2H3,(H,27,30)/t14-,15+. The second-order valence-corrected chi connectivity index (χ2v) is 7.84. The molecule has 1 aliphatic rings. The van der Waals surface area contributed by atoms with E-state index in [1.54, 1.807) is 41.8 Å². The molecule has 2 aromatic heterocycles. The quantitative estimate of drug-likeness (QED) is 0.563. The fourth-order valence-electron chi connectivity index (χ4n) is 4.09. The summed E-state index contributed by atoms with van der Waals surface area (Å²) in [6.07, 6.45) is 2.07. The molecule has 1 aliphatic carbocycles. The lowest BCUT2D eigenvalue weighted by molar-refractivity contribution is 0.0923. The Morgan fingerprint density at radius 2 is 1.84 bits per heavy atom. The summed E-state index contributed by atoms with van der Waals surface area (Å²) in [4.78, 5) is 16.7. The van der Waals surface area contributed by atoms with Crippen molar-refractivity contribution in [1.82, 2.24) is 14.7 Å². The third-order valence-electron chi connectivity index (χ3n) is 5.80. The largest absolute Gasteiger partial charge is 0.497 e. The van der Waals surface area contributed by atoms with Crippen LogP contribution in [0, 0.1) is 0 Å². The molecule has 9 heteroatoms. The predicted molar refractivity (Wildman–Crippen MR) is 117 cm³/mol. The molecule has 0 saturated heterocycles. The van der Waals surface area contributed by atoms with Gasteiger partial charge in [0.25, 0.3) is 12.3 Å². The second-order valence-electron chi connectivity index (χ2n) is 7.84. The number of pyridine rings is 1. The predicted octanol–water partition coefficient (Wildman–Crippen LogP) is 4.44. The van der Waals surface area contributed by atoms with E-state index in [-0.39, 0.29) is 23.7 Å². The highest BCUT2D eigenvalue weighted by molar-refractivity contribution is 5.97. The monoisotopic (exact) mass is 444 g/mol. The minimum Gasteiger partial charge on any atom is -0.497 e. The number of amides is 1. The highest BCUT2D eigenvalue weighted by atomic mass is 19.3. The van der Waals surface area contributed by atoms with Gasteiger partial charge in [0, 0.05) is 24.3 Å². The lowest BCUT2D eigenvalue weighted by Crippen LogP contribution is -2.40. The number of anilines is 1. The molecule has 0 unspecified atom stereocenters. The molecular formula is C23H26F2N4O3. The third kappa shape index (κ3) is 4.61. The van der Waals surface area contributed by atoms with Crippen molar-refractivity contribution in [3.05, 3.63) is 53.9 Å². The number of halogens is 2. The van der Waals surface area contributed by atoms with Gasteiger partial charge in [0.2, 0.25) is 0 Å². The van der Waals surface area contributed by atoms with Crippen molar-refractivity contribution in [3.63, 3.8) is 0 Å². The number of nitrogens with zero attached hydrogens (tertiary/aromatic N) is 2. The van der Waals surface area contributed by atoms with Crippen LogP contribution in [0.5, 0.6) is 11.5 Å². The highest BCUT2D eigenvalue weighted by Gasteiger charge is 2.24. The Bertz CT molecular complexity index is 1090. The van der Waals surface area contributed by atoms with Crippen molar-refractivity contribution in [3.8, 4) is 11.5 Å². The summed E-state index contributed by atoms with van der Waals surface area (Å²) < 4.78 is 38.2. The van der Waals surface area contributed by atoms with Gasteiger partial charge in [0.05, 0.1) is 19.8 Å². The van der Waals surface area contributed by atoms with Crippen molar-refractivity contribution in [2.24, 2.45) is 0 Å². The number of alkyl halides is 2. The normalized spacial score (nSPS) is 18.5. The molecule has 0 bridgehead atoms. The van der Waals surface area contributed by atoms with Gasteiger partial charge in [-0.15, -0.1) is 0 Å². The molecule has 0 atom stereocenters. The molecule has 1 fully saturated rings. The van der Waals surface area contributed by atoms with E-state index in [1.165, 1.54) is 13.3 Å². The van der Waals surface area contributed by atoms with Crippen LogP contribution in [-0.2, 0) is 0 Å². The van der Waals surface area contributed by atoms with Gasteiger partial charge >= 0.3 is 0 Å². The number of aromatic nitrogens is 2. The minimum absolute atomic E-state index is 0.0573. The number of fused-ring (bicyclic) bond motifs is 1. The molecule has 2 N–H and O–H groups in total. The first-order valence-corrected chi connectivity index (χ1v) is 10.5. The van der Waals surface area contributed by atoms with Crippen molar-refractivity contribution in [1.29, 1.82) is 0 Å². The summed E-state index contributed by atoms with van der Waals surface area (Å²) in [7, 11) is 3.08. The van der Waals surface area contributed by atoms with Crippen LogP contribution in [0.25, 0.3) is 5.65 Å². The molecule has 2 heterocycles. The van der Waals surface area contributed by atoms with Crippen LogP contribution in [0.2, 0.25) is 0 Å². The zero-order chi connectivity index (χ0) is 22.7. The summed E-state index contributed by atoms with van der Waals surface area (Å²) in [6.45, 7) is 0. The molecule has 32 heavy (non-hydrogen) atoms. The van der Waals surface area contributed by atoms with Gasteiger partial charge in [0.15, 0.2) is 0 Å². The molecule has 4 rings (SSSR count). The lowest BCUT2D eigenvalue weighted by atomic mass is 9.91. The maximum absolute atomic E-state index is 13.0. The van der Waals surface area contributed by atoms with Gasteiger partial charge in [-0.1, -0.05) is 6.07 Å². The zero-order valence-electron chi connectivity index (χ0n) is 18.0. The molecule has 0 radical (unpaired) electrons. The van der Waals surface area contributed by atoms with Gasteiger partial charge in [-0.2, -0.15) is 0 Å². The Kier molecular flexibility index (Phi) is 6.43. The zero-order valence-corrected chi connectivity index (χ0v) is 18.0. The smallest absolute Gasteiger partial charge is 0.281 e. The van der Waals surface area contributed by atoms with E-state index in [0.29, 0.717) is 22.7 Å². The van der Waals surface area contributed by atoms with E-state index < -0.39 is 6.43 Å². The van der Waals surface area contributed by atoms with E-state index in [1.807, 2.05) is 6.07 Å². The van der Waals surface area contributed by atoms with Crippen LogP contribution in [0.1, 0.15) is 48.2 Å². The van der Waals surface area contributed by atoms with Gasteiger partial charge in [-0.05, 0) is 49.9 Å². The van der Waals surface area contributed by atoms with Crippen LogP contribution < -0.4 is 20.1 Å². The fraction of sp³-hybridized carbons (Fsp3) is 0.391. The van der Waals surface area contributed by atoms with Gasteiger partial charge < -0.3 is 20.1 Å². The van der Waals surface area contributed by atoms with E-state index in [0.717, 1.165) is 31.5 Å². The minimum atomic E-state index is -2.61. The second kappa shape index (κ2) is 9.42. The number of carbonyl (C=O) groups excluding carboxylic acids is 1. The van der Waals surface area contributed by atoms with Crippen LogP contribution >= 0.6 is 0 Å². The summed E-state index contributed by atoms with van der Waals surface area (Å²) in [6, 6.07) is 10.7. The maximum Gasteiger partial charge on any atom is 0.281 e. The summed E-state index contributed by atoms with van der Waals surface area (Å²) in [5, 5.41) is 6.54. The highest BCUT2D eigenvalue weighted by Crippen LogP contribution is 2.27. The molecule has 1 saturated carbocycles. The van der Waals surface area contributed by atoms with Crippen LogP contribution in [0.4, 0.5) is 14.6 Å². The molecule has 1 aromatic carbocycles. The number of hydrogen-bond acceptors (Lipinski definition) is 5. The first kappa shape index (κ1) is 21.9. The number of carbonyl (C=O) groups is 1. The van der Waals surface area contributed by atoms with E-state index in [9.17, 15) is 13.6 Å². The topological polar surface area (TPSA) is 76.9 Å². The molecule has 170 valence electrons. The number of hydrogen-bond donors (Lipinski definition) is 2.